The Hall–Kier alpha value is -0.0400. The molecule has 56 valence electrons. The maximum absolute atomic E-state index is 5.26. The van der Waals surface area contributed by atoms with Crippen LogP contribution in [-0.2, 0) is 4.74 Å². The first-order valence-electron chi connectivity index (χ1n) is 3.76. The van der Waals surface area contributed by atoms with Crippen molar-refractivity contribution in [3.63, 3.8) is 0 Å². The van der Waals surface area contributed by atoms with Crippen LogP contribution in [0.5, 0.6) is 0 Å². The first-order valence-corrected chi connectivity index (χ1v) is 3.76. The second-order valence-corrected chi connectivity index (χ2v) is 2.88. The average Bonchev–Trinajstić information content (AvgIpc) is 1.82. The molecule has 9 heavy (non-hydrogen) atoms. The molecule has 0 heterocycles. The van der Waals surface area contributed by atoms with E-state index in [4.69, 9.17) is 4.74 Å². The Morgan fingerprint density at radius 2 is 1.78 bits per heavy atom. The van der Waals surface area contributed by atoms with Crippen molar-refractivity contribution in [2.75, 3.05) is 13.2 Å². The second kappa shape index (κ2) is 4.80. The molecule has 0 radical (unpaired) electrons. The highest BCUT2D eigenvalue weighted by atomic mass is 16.5. The maximum Gasteiger partial charge on any atom is 0.0493 e. The van der Waals surface area contributed by atoms with Crippen molar-refractivity contribution in [2.45, 2.75) is 27.7 Å². The fraction of sp³-hybridized carbons (Fsp3) is 1.00. The van der Waals surface area contributed by atoms with Crippen LogP contribution >= 0.6 is 0 Å². The van der Waals surface area contributed by atoms with Gasteiger partial charge >= 0.3 is 0 Å². The molecule has 0 aromatic rings. The molecule has 0 aliphatic rings. The summed E-state index contributed by atoms with van der Waals surface area (Å²) in [6.45, 7) is 10.5. The highest BCUT2D eigenvalue weighted by molar-refractivity contribution is 4.54. The van der Waals surface area contributed by atoms with Gasteiger partial charge in [0, 0.05) is 13.2 Å². The summed E-state index contributed by atoms with van der Waals surface area (Å²) >= 11 is 0. The summed E-state index contributed by atoms with van der Waals surface area (Å²) in [5.41, 5.74) is 0. The van der Waals surface area contributed by atoms with Gasteiger partial charge in [-0.3, -0.25) is 0 Å². The molecule has 0 spiro atoms. The van der Waals surface area contributed by atoms with Gasteiger partial charge in [0.25, 0.3) is 0 Å². The van der Waals surface area contributed by atoms with Gasteiger partial charge in [-0.05, 0) is 18.8 Å². The first-order chi connectivity index (χ1) is 4.18. The lowest BCUT2D eigenvalue weighted by Crippen LogP contribution is -2.11. The van der Waals surface area contributed by atoms with E-state index in [0.717, 1.165) is 19.1 Å². The van der Waals surface area contributed by atoms with Crippen LogP contribution in [0, 0.1) is 11.8 Å². The molecule has 0 fully saturated rings. The molecule has 1 atom stereocenters. The average molecular weight is 130 g/mol. The Morgan fingerprint density at radius 1 is 1.22 bits per heavy atom. The van der Waals surface area contributed by atoms with Gasteiger partial charge in [0.15, 0.2) is 0 Å². The Morgan fingerprint density at radius 3 is 2.11 bits per heavy atom. The second-order valence-electron chi connectivity index (χ2n) is 2.88. The van der Waals surface area contributed by atoms with E-state index in [1.54, 1.807) is 0 Å². The van der Waals surface area contributed by atoms with Crippen molar-refractivity contribution in [1.29, 1.82) is 0 Å². The van der Waals surface area contributed by atoms with Gasteiger partial charge in [-0.25, -0.2) is 0 Å². The SMILES string of the molecule is CCOCC(C)C(C)C. The largest absolute Gasteiger partial charge is 0.381 e. The predicted molar refractivity (Wildman–Crippen MR) is 40.5 cm³/mol. The number of hydrogen-bond acceptors (Lipinski definition) is 1. The minimum Gasteiger partial charge on any atom is -0.381 e. The molecule has 0 amide bonds. The van der Waals surface area contributed by atoms with Crippen molar-refractivity contribution >= 4 is 0 Å². The third-order valence-electron chi connectivity index (χ3n) is 1.72. The number of ether oxygens (including phenoxy) is 1. The van der Waals surface area contributed by atoms with Crippen LogP contribution in [0.2, 0.25) is 0 Å². The lowest BCUT2D eigenvalue weighted by Gasteiger charge is -2.14. The minimum absolute atomic E-state index is 0.699. The Balaban J connectivity index is 3.16. The third-order valence-corrected chi connectivity index (χ3v) is 1.72. The summed E-state index contributed by atoms with van der Waals surface area (Å²) in [5.74, 6) is 1.45. The molecule has 0 aliphatic heterocycles. The molecule has 0 aromatic carbocycles. The van der Waals surface area contributed by atoms with Crippen LogP contribution < -0.4 is 0 Å². The highest BCUT2D eigenvalue weighted by Crippen LogP contribution is 2.08. The predicted octanol–water partition coefficient (Wildman–Crippen LogP) is 2.32. The number of rotatable bonds is 4. The Kier molecular flexibility index (Phi) is 4.78. The van der Waals surface area contributed by atoms with E-state index in [1.165, 1.54) is 0 Å². The van der Waals surface area contributed by atoms with Crippen molar-refractivity contribution < 1.29 is 4.74 Å². The van der Waals surface area contributed by atoms with Crippen LogP contribution in [-0.4, -0.2) is 13.2 Å². The smallest absolute Gasteiger partial charge is 0.0493 e. The molecule has 0 N–H and O–H groups in total. The van der Waals surface area contributed by atoms with Crippen LogP contribution in [0.3, 0.4) is 0 Å². The van der Waals surface area contributed by atoms with Gasteiger partial charge in [0.05, 0.1) is 0 Å². The summed E-state index contributed by atoms with van der Waals surface area (Å²) in [6.07, 6.45) is 0. The van der Waals surface area contributed by atoms with E-state index >= 15 is 0 Å². The standard InChI is InChI=1S/C8H18O/c1-5-9-6-8(4)7(2)3/h7-8H,5-6H2,1-4H3. The van der Waals surface area contributed by atoms with Gasteiger partial charge in [-0.15, -0.1) is 0 Å². The number of hydrogen-bond donors (Lipinski definition) is 0. The Bertz CT molecular complexity index is 59.6. The molecule has 1 unspecified atom stereocenters. The van der Waals surface area contributed by atoms with Crippen LogP contribution in [0.4, 0.5) is 0 Å². The fourth-order valence-electron chi connectivity index (χ4n) is 0.496. The van der Waals surface area contributed by atoms with Crippen molar-refractivity contribution in [3.05, 3.63) is 0 Å². The summed E-state index contributed by atoms with van der Waals surface area (Å²) < 4.78 is 5.26. The van der Waals surface area contributed by atoms with Crippen LogP contribution in [0.15, 0.2) is 0 Å². The topological polar surface area (TPSA) is 9.23 Å². The zero-order valence-corrected chi connectivity index (χ0v) is 6.98. The van der Waals surface area contributed by atoms with E-state index in [0.29, 0.717) is 5.92 Å². The lowest BCUT2D eigenvalue weighted by molar-refractivity contribution is 0.0999. The minimum atomic E-state index is 0.699. The van der Waals surface area contributed by atoms with Crippen molar-refractivity contribution in [1.82, 2.24) is 0 Å². The fourth-order valence-corrected chi connectivity index (χ4v) is 0.496. The summed E-state index contributed by atoms with van der Waals surface area (Å²) in [7, 11) is 0. The molecular formula is C8H18O. The monoisotopic (exact) mass is 130 g/mol. The molecular weight excluding hydrogens is 112 g/mol. The first kappa shape index (κ1) is 8.96. The quantitative estimate of drug-likeness (QED) is 0.567. The molecule has 0 saturated carbocycles. The van der Waals surface area contributed by atoms with E-state index in [-0.39, 0.29) is 0 Å². The summed E-state index contributed by atoms with van der Waals surface area (Å²) in [5, 5.41) is 0. The van der Waals surface area contributed by atoms with Crippen molar-refractivity contribution in [2.24, 2.45) is 11.8 Å². The van der Waals surface area contributed by atoms with Crippen LogP contribution in [0.25, 0.3) is 0 Å². The van der Waals surface area contributed by atoms with Crippen molar-refractivity contribution in [3.8, 4) is 0 Å². The molecule has 0 bridgehead atoms. The maximum atomic E-state index is 5.26. The highest BCUT2D eigenvalue weighted by Gasteiger charge is 2.05. The van der Waals surface area contributed by atoms with Gasteiger partial charge < -0.3 is 4.74 Å². The Labute approximate surface area is 58.4 Å². The van der Waals surface area contributed by atoms with Gasteiger partial charge in [-0.1, -0.05) is 20.8 Å². The van der Waals surface area contributed by atoms with E-state index in [1.807, 2.05) is 6.92 Å². The van der Waals surface area contributed by atoms with E-state index < -0.39 is 0 Å². The third kappa shape index (κ3) is 4.46. The molecule has 0 saturated heterocycles. The normalized spacial score (nSPS) is 14.3. The van der Waals surface area contributed by atoms with Gasteiger partial charge in [0.2, 0.25) is 0 Å². The molecule has 0 rings (SSSR count). The summed E-state index contributed by atoms with van der Waals surface area (Å²) in [6, 6.07) is 0. The van der Waals surface area contributed by atoms with E-state index in [9.17, 15) is 0 Å². The van der Waals surface area contributed by atoms with Gasteiger partial charge in [-0.2, -0.15) is 0 Å². The van der Waals surface area contributed by atoms with E-state index in [2.05, 4.69) is 20.8 Å². The van der Waals surface area contributed by atoms with Crippen LogP contribution in [0.1, 0.15) is 27.7 Å². The zero-order chi connectivity index (χ0) is 7.28. The molecule has 1 nitrogen and oxygen atoms in total. The molecule has 0 aliphatic carbocycles. The molecule has 1 heteroatoms. The lowest BCUT2D eigenvalue weighted by atomic mass is 9.99. The van der Waals surface area contributed by atoms with Gasteiger partial charge in [0.1, 0.15) is 0 Å². The zero-order valence-electron chi connectivity index (χ0n) is 6.98. The summed E-state index contributed by atoms with van der Waals surface area (Å²) in [4.78, 5) is 0. The molecule has 0 aromatic heterocycles.